The zero-order valence-electron chi connectivity index (χ0n) is 17.7. The van der Waals surface area contributed by atoms with Gasteiger partial charge >= 0.3 is 5.97 Å². The van der Waals surface area contributed by atoms with Gasteiger partial charge in [0, 0.05) is 17.5 Å². The van der Waals surface area contributed by atoms with Gasteiger partial charge in [-0.2, -0.15) is 10.4 Å². The van der Waals surface area contributed by atoms with Crippen LogP contribution in [0.25, 0.3) is 16.8 Å². The molecule has 2 aromatic heterocycles. The van der Waals surface area contributed by atoms with Crippen molar-refractivity contribution in [1.82, 2.24) is 14.6 Å². The molecule has 6 heteroatoms. The van der Waals surface area contributed by atoms with Crippen LogP contribution in [0.2, 0.25) is 0 Å². The monoisotopic (exact) mass is 410 g/mol. The van der Waals surface area contributed by atoms with Gasteiger partial charge in [0.2, 0.25) is 0 Å². The van der Waals surface area contributed by atoms with Crippen molar-refractivity contribution < 1.29 is 9.53 Å². The number of carbonyl (C=O) groups excluding carboxylic acids is 1. The Bertz CT molecular complexity index is 1300. The number of carbonyl (C=O) groups is 1. The average molecular weight is 410 g/mol. The van der Waals surface area contributed by atoms with E-state index in [1.54, 1.807) is 24.3 Å². The van der Waals surface area contributed by atoms with E-state index in [1.165, 1.54) is 0 Å². The topological polar surface area (TPSA) is 80.3 Å². The average Bonchev–Trinajstić information content (AvgIpc) is 3.14. The summed E-state index contributed by atoms with van der Waals surface area (Å²) < 4.78 is 7.33. The molecule has 0 bridgehead atoms. The van der Waals surface area contributed by atoms with Crippen LogP contribution in [0, 0.1) is 32.1 Å². The molecule has 0 aliphatic rings. The van der Waals surface area contributed by atoms with Gasteiger partial charge in [-0.05, 0) is 68.1 Å². The van der Waals surface area contributed by atoms with Crippen LogP contribution in [-0.2, 0) is 11.2 Å². The maximum Gasteiger partial charge on any atom is 0.311 e. The summed E-state index contributed by atoms with van der Waals surface area (Å²) >= 11 is 0. The van der Waals surface area contributed by atoms with E-state index in [4.69, 9.17) is 10.00 Å². The number of hydrogen-bond donors (Lipinski definition) is 0. The molecule has 2 heterocycles. The molecule has 0 amide bonds. The SMILES string of the molecule is Cc1cc2nc(C)c(CCC(=O)Oc3ccc(-c4ccc(C#N)cc4)cc3)c(C)n2n1. The number of fused-ring (bicyclic) bond motifs is 1. The molecule has 2 aromatic carbocycles. The third kappa shape index (κ3) is 4.31. The van der Waals surface area contributed by atoms with Crippen molar-refractivity contribution in [2.24, 2.45) is 0 Å². The molecule has 0 N–H and O–H groups in total. The number of rotatable bonds is 5. The van der Waals surface area contributed by atoms with Crippen LogP contribution in [0.15, 0.2) is 54.6 Å². The first-order valence-electron chi connectivity index (χ1n) is 10.1. The summed E-state index contributed by atoms with van der Waals surface area (Å²) in [7, 11) is 0. The Morgan fingerprint density at radius 1 is 1.03 bits per heavy atom. The van der Waals surface area contributed by atoms with Crippen LogP contribution < -0.4 is 4.74 Å². The largest absolute Gasteiger partial charge is 0.427 e. The van der Waals surface area contributed by atoms with Gasteiger partial charge in [-0.1, -0.05) is 24.3 Å². The normalized spacial score (nSPS) is 10.8. The number of aromatic nitrogens is 3. The molecule has 0 spiro atoms. The zero-order chi connectivity index (χ0) is 22.0. The Kier molecular flexibility index (Phi) is 5.50. The smallest absolute Gasteiger partial charge is 0.311 e. The molecule has 0 unspecified atom stereocenters. The number of esters is 1. The standard InChI is InChI=1S/C25H22N4O2/c1-16-14-24-27-17(2)23(18(3)29(24)28-16)12-13-25(30)31-22-10-8-21(9-11-22)20-6-4-19(15-26)5-7-20/h4-11,14H,12-13H2,1-3H3. The lowest BCUT2D eigenvalue weighted by atomic mass is 10.0. The van der Waals surface area contributed by atoms with E-state index in [0.717, 1.165) is 39.4 Å². The van der Waals surface area contributed by atoms with Crippen LogP contribution in [0.3, 0.4) is 0 Å². The fourth-order valence-corrected chi connectivity index (χ4v) is 3.67. The van der Waals surface area contributed by atoms with Crippen LogP contribution in [-0.4, -0.2) is 20.6 Å². The van der Waals surface area contributed by atoms with Gasteiger partial charge in [-0.15, -0.1) is 0 Å². The molecule has 0 radical (unpaired) electrons. The Hall–Kier alpha value is -3.98. The molecule has 0 saturated carbocycles. The number of benzene rings is 2. The van der Waals surface area contributed by atoms with E-state index in [-0.39, 0.29) is 12.4 Å². The highest BCUT2D eigenvalue weighted by atomic mass is 16.5. The summed E-state index contributed by atoms with van der Waals surface area (Å²) in [5, 5.41) is 13.4. The lowest BCUT2D eigenvalue weighted by molar-refractivity contribution is -0.134. The molecule has 31 heavy (non-hydrogen) atoms. The van der Waals surface area contributed by atoms with E-state index in [9.17, 15) is 4.79 Å². The summed E-state index contributed by atoms with van der Waals surface area (Å²) in [5.74, 6) is 0.216. The Labute approximate surface area is 180 Å². The quantitative estimate of drug-likeness (QED) is 0.351. The number of hydrogen-bond acceptors (Lipinski definition) is 5. The third-order valence-corrected chi connectivity index (χ3v) is 5.30. The van der Waals surface area contributed by atoms with E-state index in [1.807, 2.05) is 55.6 Å². The predicted molar refractivity (Wildman–Crippen MR) is 118 cm³/mol. The van der Waals surface area contributed by atoms with Crippen LogP contribution in [0.5, 0.6) is 5.75 Å². The molecule has 0 atom stereocenters. The van der Waals surface area contributed by atoms with E-state index >= 15 is 0 Å². The second-order valence-electron chi connectivity index (χ2n) is 7.50. The third-order valence-electron chi connectivity index (χ3n) is 5.30. The highest BCUT2D eigenvalue weighted by Crippen LogP contribution is 2.23. The Morgan fingerprint density at radius 2 is 1.68 bits per heavy atom. The van der Waals surface area contributed by atoms with Crippen LogP contribution in [0.1, 0.15) is 34.6 Å². The van der Waals surface area contributed by atoms with Crippen molar-refractivity contribution in [2.45, 2.75) is 33.6 Å². The van der Waals surface area contributed by atoms with Gasteiger partial charge in [0.05, 0.1) is 23.7 Å². The van der Waals surface area contributed by atoms with Gasteiger partial charge in [-0.25, -0.2) is 9.50 Å². The minimum absolute atomic E-state index is 0.256. The van der Waals surface area contributed by atoms with Gasteiger partial charge in [0.15, 0.2) is 5.65 Å². The minimum atomic E-state index is -0.290. The van der Waals surface area contributed by atoms with Crippen molar-refractivity contribution in [3.05, 3.63) is 82.8 Å². The van der Waals surface area contributed by atoms with Crippen LogP contribution >= 0.6 is 0 Å². The van der Waals surface area contributed by atoms with E-state index in [0.29, 0.717) is 17.7 Å². The zero-order valence-corrected chi connectivity index (χ0v) is 17.7. The Balaban J connectivity index is 1.41. The molecule has 4 rings (SSSR count). The van der Waals surface area contributed by atoms with E-state index in [2.05, 4.69) is 16.2 Å². The Morgan fingerprint density at radius 3 is 2.32 bits per heavy atom. The van der Waals surface area contributed by atoms with Gasteiger partial charge in [0.1, 0.15) is 5.75 Å². The first kappa shape index (κ1) is 20.3. The molecular weight excluding hydrogens is 388 g/mol. The maximum absolute atomic E-state index is 12.4. The maximum atomic E-state index is 12.4. The fraction of sp³-hybridized carbons (Fsp3) is 0.200. The lowest BCUT2D eigenvalue weighted by Crippen LogP contribution is -2.12. The van der Waals surface area contributed by atoms with Gasteiger partial charge in [0.25, 0.3) is 0 Å². The van der Waals surface area contributed by atoms with Gasteiger partial charge < -0.3 is 4.74 Å². The van der Waals surface area contributed by atoms with Gasteiger partial charge in [-0.3, -0.25) is 4.79 Å². The summed E-state index contributed by atoms with van der Waals surface area (Å²) in [6.45, 7) is 5.89. The highest BCUT2D eigenvalue weighted by molar-refractivity contribution is 5.73. The van der Waals surface area contributed by atoms with Crippen molar-refractivity contribution in [1.29, 1.82) is 5.26 Å². The van der Waals surface area contributed by atoms with E-state index < -0.39 is 0 Å². The first-order valence-corrected chi connectivity index (χ1v) is 10.1. The minimum Gasteiger partial charge on any atom is -0.427 e. The van der Waals surface area contributed by atoms with Crippen molar-refractivity contribution >= 4 is 11.6 Å². The molecule has 4 aromatic rings. The number of aryl methyl sites for hydroxylation is 3. The second kappa shape index (κ2) is 8.41. The van der Waals surface area contributed by atoms with Crippen molar-refractivity contribution in [3.8, 4) is 22.9 Å². The molecular formula is C25H22N4O2. The number of ether oxygens (including phenoxy) is 1. The van der Waals surface area contributed by atoms with Crippen LogP contribution in [0.4, 0.5) is 0 Å². The number of nitrogens with zero attached hydrogens (tertiary/aromatic N) is 4. The molecule has 0 fully saturated rings. The fourth-order valence-electron chi connectivity index (χ4n) is 3.67. The molecule has 0 aliphatic heterocycles. The number of nitriles is 1. The summed E-state index contributed by atoms with van der Waals surface area (Å²) in [5.41, 5.74) is 7.27. The molecule has 154 valence electrons. The molecule has 6 nitrogen and oxygen atoms in total. The predicted octanol–water partition coefficient (Wildman–Crippen LogP) is 4.73. The summed E-state index contributed by atoms with van der Waals surface area (Å²) in [6.07, 6.45) is 0.800. The first-order chi connectivity index (χ1) is 14.9. The highest BCUT2D eigenvalue weighted by Gasteiger charge is 2.14. The van der Waals surface area contributed by atoms with Crippen molar-refractivity contribution in [3.63, 3.8) is 0 Å². The van der Waals surface area contributed by atoms with Crippen molar-refractivity contribution in [2.75, 3.05) is 0 Å². The second-order valence-corrected chi connectivity index (χ2v) is 7.50. The summed E-state index contributed by atoms with van der Waals surface area (Å²) in [6, 6.07) is 18.8. The molecule has 0 aliphatic carbocycles. The molecule has 0 saturated heterocycles. The lowest BCUT2D eigenvalue weighted by Gasteiger charge is -2.11. The summed E-state index contributed by atoms with van der Waals surface area (Å²) in [4.78, 5) is 17.0.